The van der Waals surface area contributed by atoms with Crippen LogP contribution in [0.3, 0.4) is 0 Å². The summed E-state index contributed by atoms with van der Waals surface area (Å²) in [7, 11) is -3.81. The smallest absolute Gasteiger partial charge is 0.322 e. The molecule has 104 valence electrons. The zero-order chi connectivity index (χ0) is 14.2. The molecule has 1 saturated heterocycles. The lowest BCUT2D eigenvalue weighted by Crippen LogP contribution is -2.40. The standard InChI is InChI=1S/C12H14ClNO4S/c1-8-2-4-10(5-3-8)19(17,18)14-7-9(13)6-11(14)12(15)16/h2-5,9,11H,6-7H2,1H3,(H,15,16)/t9?,11-/m0/s1. The second kappa shape index (κ2) is 5.11. The van der Waals surface area contributed by atoms with Gasteiger partial charge in [-0.15, -0.1) is 11.6 Å². The van der Waals surface area contributed by atoms with Crippen molar-refractivity contribution in [3.63, 3.8) is 0 Å². The molecule has 0 spiro atoms. The topological polar surface area (TPSA) is 74.7 Å². The quantitative estimate of drug-likeness (QED) is 0.858. The first kappa shape index (κ1) is 14.3. The number of hydrogen-bond acceptors (Lipinski definition) is 3. The minimum Gasteiger partial charge on any atom is -0.480 e. The maximum absolute atomic E-state index is 12.4. The SMILES string of the molecule is Cc1ccc(S(=O)(=O)N2CC(Cl)C[C@H]2C(=O)O)cc1. The van der Waals surface area contributed by atoms with Crippen LogP contribution in [0.1, 0.15) is 12.0 Å². The van der Waals surface area contributed by atoms with Gasteiger partial charge in [-0.25, -0.2) is 8.42 Å². The molecule has 7 heteroatoms. The molecule has 1 aromatic rings. The fourth-order valence-corrected chi connectivity index (χ4v) is 4.13. The van der Waals surface area contributed by atoms with E-state index in [0.717, 1.165) is 9.87 Å². The Labute approximate surface area is 116 Å². The van der Waals surface area contributed by atoms with Crippen LogP contribution < -0.4 is 0 Å². The second-order valence-corrected chi connectivity index (χ2v) is 7.08. The minimum absolute atomic E-state index is 0.0226. The summed E-state index contributed by atoms with van der Waals surface area (Å²) in [5, 5.41) is 8.62. The molecule has 0 saturated carbocycles. The van der Waals surface area contributed by atoms with E-state index in [4.69, 9.17) is 16.7 Å². The van der Waals surface area contributed by atoms with Gasteiger partial charge in [-0.1, -0.05) is 17.7 Å². The molecule has 1 fully saturated rings. The maximum Gasteiger partial charge on any atom is 0.322 e. The van der Waals surface area contributed by atoms with Crippen molar-refractivity contribution in [3.8, 4) is 0 Å². The van der Waals surface area contributed by atoms with Gasteiger partial charge in [-0.05, 0) is 25.5 Å². The van der Waals surface area contributed by atoms with Crippen molar-refractivity contribution in [1.29, 1.82) is 0 Å². The number of aliphatic carboxylic acids is 1. The number of benzene rings is 1. The Balaban J connectivity index is 2.38. The fraction of sp³-hybridized carbons (Fsp3) is 0.417. The van der Waals surface area contributed by atoms with E-state index in [1.165, 1.54) is 12.1 Å². The highest BCUT2D eigenvalue weighted by atomic mass is 35.5. The molecule has 1 aliphatic rings. The van der Waals surface area contributed by atoms with Crippen LogP contribution in [-0.4, -0.2) is 41.8 Å². The van der Waals surface area contributed by atoms with Crippen LogP contribution >= 0.6 is 11.6 Å². The van der Waals surface area contributed by atoms with Crippen molar-refractivity contribution in [3.05, 3.63) is 29.8 Å². The zero-order valence-electron chi connectivity index (χ0n) is 10.3. The van der Waals surface area contributed by atoms with Gasteiger partial charge in [0.1, 0.15) is 6.04 Å². The Morgan fingerprint density at radius 1 is 1.37 bits per heavy atom. The Hall–Kier alpha value is -1.11. The number of hydrogen-bond donors (Lipinski definition) is 1. The molecule has 1 N–H and O–H groups in total. The first-order valence-electron chi connectivity index (χ1n) is 5.78. The molecule has 1 heterocycles. The normalized spacial score (nSPS) is 24.5. The number of nitrogens with zero attached hydrogens (tertiary/aromatic N) is 1. The molecule has 0 bridgehead atoms. The van der Waals surface area contributed by atoms with Crippen LogP contribution in [0.25, 0.3) is 0 Å². The molecule has 1 aliphatic heterocycles. The molecule has 2 rings (SSSR count). The maximum atomic E-state index is 12.4. The van der Waals surface area contributed by atoms with Gasteiger partial charge in [-0.3, -0.25) is 4.79 Å². The number of carboxylic acids is 1. The average molecular weight is 304 g/mol. The van der Waals surface area contributed by atoms with Crippen LogP contribution in [0.2, 0.25) is 0 Å². The predicted octanol–water partition coefficient (Wildman–Crippen LogP) is 1.45. The highest BCUT2D eigenvalue weighted by Gasteiger charge is 2.43. The summed E-state index contributed by atoms with van der Waals surface area (Å²) in [5.74, 6) is -1.17. The molecule has 5 nitrogen and oxygen atoms in total. The Bertz CT molecular complexity index is 584. The van der Waals surface area contributed by atoms with Gasteiger partial charge in [0.25, 0.3) is 0 Å². The Morgan fingerprint density at radius 3 is 2.47 bits per heavy atom. The van der Waals surface area contributed by atoms with Crippen molar-refractivity contribution in [1.82, 2.24) is 4.31 Å². The molecule has 2 atom stereocenters. The number of sulfonamides is 1. The molecule has 0 aliphatic carbocycles. The Morgan fingerprint density at radius 2 is 1.95 bits per heavy atom. The van der Waals surface area contributed by atoms with E-state index in [0.29, 0.717) is 0 Å². The van der Waals surface area contributed by atoms with Crippen LogP contribution in [0.5, 0.6) is 0 Å². The fourth-order valence-electron chi connectivity index (χ4n) is 2.09. The minimum atomic E-state index is -3.81. The van der Waals surface area contributed by atoms with Crippen LogP contribution in [0.4, 0.5) is 0 Å². The van der Waals surface area contributed by atoms with E-state index in [-0.39, 0.29) is 17.9 Å². The third kappa shape index (κ3) is 2.75. The summed E-state index contributed by atoms with van der Waals surface area (Å²) in [4.78, 5) is 11.2. The second-order valence-electron chi connectivity index (χ2n) is 4.57. The molecular weight excluding hydrogens is 290 g/mol. The van der Waals surface area contributed by atoms with Crippen LogP contribution in [-0.2, 0) is 14.8 Å². The van der Waals surface area contributed by atoms with Crippen molar-refractivity contribution in [2.45, 2.75) is 29.7 Å². The molecular formula is C12H14ClNO4S. The lowest BCUT2D eigenvalue weighted by atomic mass is 10.2. The monoisotopic (exact) mass is 303 g/mol. The van der Waals surface area contributed by atoms with Gasteiger partial charge in [0.05, 0.1) is 4.90 Å². The zero-order valence-corrected chi connectivity index (χ0v) is 11.9. The van der Waals surface area contributed by atoms with Crippen LogP contribution in [0, 0.1) is 6.92 Å². The molecule has 0 amide bonds. The largest absolute Gasteiger partial charge is 0.480 e. The van der Waals surface area contributed by atoms with E-state index in [1.54, 1.807) is 12.1 Å². The van der Waals surface area contributed by atoms with Crippen LogP contribution in [0.15, 0.2) is 29.2 Å². The molecule has 0 radical (unpaired) electrons. The summed E-state index contributed by atoms with van der Waals surface area (Å²) < 4.78 is 25.8. The van der Waals surface area contributed by atoms with E-state index in [2.05, 4.69) is 0 Å². The molecule has 0 aromatic heterocycles. The van der Waals surface area contributed by atoms with Gasteiger partial charge in [0.2, 0.25) is 10.0 Å². The number of alkyl halides is 1. The summed E-state index contributed by atoms with van der Waals surface area (Å²) in [6, 6.07) is 5.22. The van der Waals surface area contributed by atoms with Crippen molar-refractivity contribution < 1.29 is 18.3 Å². The van der Waals surface area contributed by atoms with Gasteiger partial charge in [-0.2, -0.15) is 4.31 Å². The van der Waals surface area contributed by atoms with Crippen molar-refractivity contribution >= 4 is 27.6 Å². The first-order chi connectivity index (χ1) is 8.82. The lowest BCUT2D eigenvalue weighted by Gasteiger charge is -2.20. The third-order valence-corrected chi connectivity index (χ3v) is 5.32. The van der Waals surface area contributed by atoms with Gasteiger partial charge in [0.15, 0.2) is 0 Å². The number of aryl methyl sites for hydroxylation is 1. The highest BCUT2D eigenvalue weighted by Crippen LogP contribution is 2.29. The first-order valence-corrected chi connectivity index (χ1v) is 7.65. The third-order valence-electron chi connectivity index (χ3n) is 3.12. The summed E-state index contributed by atoms with van der Waals surface area (Å²) >= 11 is 5.90. The van der Waals surface area contributed by atoms with Crippen molar-refractivity contribution in [2.24, 2.45) is 0 Å². The van der Waals surface area contributed by atoms with E-state index in [1.807, 2.05) is 6.92 Å². The van der Waals surface area contributed by atoms with Gasteiger partial charge >= 0.3 is 5.97 Å². The number of halogens is 1. The van der Waals surface area contributed by atoms with Crippen molar-refractivity contribution in [2.75, 3.05) is 6.54 Å². The Kier molecular flexibility index (Phi) is 3.85. The van der Waals surface area contributed by atoms with E-state index < -0.39 is 27.4 Å². The number of carbonyl (C=O) groups is 1. The molecule has 1 aromatic carbocycles. The van der Waals surface area contributed by atoms with E-state index >= 15 is 0 Å². The average Bonchev–Trinajstić information content (AvgIpc) is 2.73. The van der Waals surface area contributed by atoms with Gasteiger partial charge in [0, 0.05) is 11.9 Å². The lowest BCUT2D eigenvalue weighted by molar-refractivity contribution is -0.140. The highest BCUT2D eigenvalue weighted by molar-refractivity contribution is 7.89. The number of carboxylic acid groups (broad SMARTS) is 1. The molecule has 19 heavy (non-hydrogen) atoms. The van der Waals surface area contributed by atoms with E-state index in [9.17, 15) is 13.2 Å². The summed E-state index contributed by atoms with van der Waals surface area (Å²) in [6.45, 7) is 1.87. The van der Waals surface area contributed by atoms with Gasteiger partial charge < -0.3 is 5.11 Å². The summed E-state index contributed by atoms with van der Waals surface area (Å²) in [6.07, 6.45) is 0.127. The predicted molar refractivity (Wildman–Crippen MR) is 70.8 cm³/mol. The number of rotatable bonds is 3. The summed E-state index contributed by atoms with van der Waals surface area (Å²) in [5.41, 5.74) is 0.936. The molecule has 1 unspecified atom stereocenters.